The van der Waals surface area contributed by atoms with Crippen molar-refractivity contribution in [3.05, 3.63) is 40.9 Å². The second kappa shape index (κ2) is 7.53. The van der Waals surface area contributed by atoms with E-state index in [0.717, 1.165) is 45.2 Å². The van der Waals surface area contributed by atoms with E-state index < -0.39 is 5.97 Å². The Kier molecular flexibility index (Phi) is 5.21. The van der Waals surface area contributed by atoms with E-state index in [1.807, 2.05) is 6.07 Å². The number of hydrogen-bond donors (Lipinski definition) is 0. The van der Waals surface area contributed by atoms with Crippen LogP contribution in [0, 0.1) is 0 Å². The Morgan fingerprint density at radius 2 is 1.96 bits per heavy atom. The molecule has 0 saturated heterocycles. The van der Waals surface area contributed by atoms with E-state index in [4.69, 9.17) is 4.74 Å². The molecule has 0 N–H and O–H groups in total. The molecule has 122 valence electrons. The van der Waals surface area contributed by atoms with Gasteiger partial charge in [0, 0.05) is 13.1 Å². The van der Waals surface area contributed by atoms with Crippen LogP contribution in [-0.2, 0) is 22.5 Å². The molecular weight excluding hydrogens is 290 g/mol. The summed E-state index contributed by atoms with van der Waals surface area (Å²) >= 11 is 0. The minimum Gasteiger partial charge on any atom is -0.454 e. The molecule has 0 atom stereocenters. The minimum absolute atomic E-state index is 0.0184. The Labute approximate surface area is 136 Å². The average molecular weight is 313 g/mol. The number of nitrogens with zero attached hydrogens (tertiary/aromatic N) is 3. The summed E-state index contributed by atoms with van der Waals surface area (Å²) in [6.07, 6.45) is 6.19. The van der Waals surface area contributed by atoms with Crippen molar-refractivity contribution >= 4 is 11.7 Å². The number of rotatable bonds is 4. The zero-order valence-electron chi connectivity index (χ0n) is 13.4. The van der Waals surface area contributed by atoms with Gasteiger partial charge >= 0.3 is 11.7 Å². The first-order valence-corrected chi connectivity index (χ1v) is 8.47. The van der Waals surface area contributed by atoms with E-state index in [-0.39, 0.29) is 11.8 Å². The van der Waals surface area contributed by atoms with Gasteiger partial charge in [-0.25, -0.2) is 4.79 Å². The van der Waals surface area contributed by atoms with Gasteiger partial charge in [-0.05, 0) is 43.2 Å². The van der Waals surface area contributed by atoms with E-state index in [2.05, 4.69) is 27.9 Å². The molecule has 5 heteroatoms. The molecule has 5 nitrogen and oxygen atoms in total. The summed E-state index contributed by atoms with van der Waals surface area (Å²) in [5.41, 5.74) is 12.0. The molecule has 0 spiro atoms. The molecule has 0 aromatic heterocycles. The van der Waals surface area contributed by atoms with Crippen LogP contribution in [0.3, 0.4) is 0 Å². The van der Waals surface area contributed by atoms with Crippen LogP contribution < -0.4 is 0 Å². The molecule has 23 heavy (non-hydrogen) atoms. The highest BCUT2D eigenvalue weighted by molar-refractivity contribution is 6.34. The Morgan fingerprint density at radius 3 is 2.70 bits per heavy atom. The SMILES string of the molecule is [N-]=[N+]=C(CN1CCc2ccccc2C1)C(=O)OC1CCCCC1. The largest absolute Gasteiger partial charge is 0.454 e. The van der Waals surface area contributed by atoms with Crippen molar-refractivity contribution in [3.63, 3.8) is 0 Å². The number of carbonyl (C=O) groups excluding carboxylic acids is 1. The van der Waals surface area contributed by atoms with Gasteiger partial charge in [-0.2, -0.15) is 4.79 Å². The fraction of sp³-hybridized carbons (Fsp3) is 0.556. The van der Waals surface area contributed by atoms with Crippen LogP contribution in [0.25, 0.3) is 5.53 Å². The van der Waals surface area contributed by atoms with Gasteiger partial charge in [0.05, 0.1) is 0 Å². The van der Waals surface area contributed by atoms with Crippen LogP contribution in [0.4, 0.5) is 0 Å². The lowest BCUT2D eigenvalue weighted by Crippen LogP contribution is -2.39. The molecule has 1 heterocycles. The van der Waals surface area contributed by atoms with Crippen LogP contribution in [0.15, 0.2) is 24.3 Å². The molecule has 3 rings (SSSR count). The van der Waals surface area contributed by atoms with Crippen molar-refractivity contribution in [2.75, 3.05) is 13.1 Å². The van der Waals surface area contributed by atoms with Crippen LogP contribution in [0.2, 0.25) is 0 Å². The van der Waals surface area contributed by atoms with Crippen molar-refractivity contribution in [1.82, 2.24) is 4.90 Å². The first-order chi connectivity index (χ1) is 11.3. The topological polar surface area (TPSA) is 65.9 Å². The molecule has 1 aromatic carbocycles. The predicted octanol–water partition coefficient (Wildman–Crippen LogP) is 2.59. The third kappa shape index (κ3) is 4.06. The van der Waals surface area contributed by atoms with Crippen molar-refractivity contribution in [1.29, 1.82) is 0 Å². The third-order valence-electron chi connectivity index (χ3n) is 4.77. The van der Waals surface area contributed by atoms with E-state index in [1.54, 1.807) is 0 Å². The van der Waals surface area contributed by atoms with Gasteiger partial charge in [0.25, 0.3) is 0 Å². The molecule has 1 fully saturated rings. The van der Waals surface area contributed by atoms with Crippen LogP contribution >= 0.6 is 0 Å². The number of hydrogen-bond acceptors (Lipinski definition) is 3. The minimum atomic E-state index is -0.474. The van der Waals surface area contributed by atoms with Gasteiger partial charge in [-0.1, -0.05) is 30.7 Å². The summed E-state index contributed by atoms with van der Waals surface area (Å²) in [4.78, 5) is 17.6. The lowest BCUT2D eigenvalue weighted by Gasteiger charge is -2.27. The molecule has 0 amide bonds. The molecule has 0 radical (unpaired) electrons. The summed E-state index contributed by atoms with van der Waals surface area (Å²) in [7, 11) is 0. The van der Waals surface area contributed by atoms with Gasteiger partial charge in [0.2, 0.25) is 0 Å². The Hall–Kier alpha value is -1.97. The predicted molar refractivity (Wildman–Crippen MR) is 87.0 cm³/mol. The first kappa shape index (κ1) is 15.9. The van der Waals surface area contributed by atoms with E-state index in [1.165, 1.54) is 17.5 Å². The molecule has 1 aromatic rings. The fourth-order valence-electron chi connectivity index (χ4n) is 3.44. The summed E-state index contributed by atoms with van der Waals surface area (Å²) in [5.74, 6) is -0.474. The van der Waals surface area contributed by atoms with Crippen molar-refractivity contribution < 1.29 is 14.3 Å². The van der Waals surface area contributed by atoms with Crippen molar-refractivity contribution in [2.45, 2.75) is 51.2 Å². The van der Waals surface area contributed by atoms with Gasteiger partial charge < -0.3 is 10.3 Å². The first-order valence-electron chi connectivity index (χ1n) is 8.47. The third-order valence-corrected chi connectivity index (χ3v) is 4.77. The molecule has 2 aliphatic rings. The number of fused-ring (bicyclic) bond motifs is 1. The van der Waals surface area contributed by atoms with E-state index in [9.17, 15) is 10.3 Å². The lowest BCUT2D eigenvalue weighted by molar-refractivity contribution is -0.147. The number of benzene rings is 1. The highest BCUT2D eigenvalue weighted by Gasteiger charge is 2.29. The molecular formula is C18H23N3O2. The van der Waals surface area contributed by atoms with Crippen molar-refractivity contribution in [2.24, 2.45) is 0 Å². The van der Waals surface area contributed by atoms with Gasteiger partial charge in [-0.3, -0.25) is 4.90 Å². The maximum atomic E-state index is 12.2. The van der Waals surface area contributed by atoms with Crippen LogP contribution in [-0.4, -0.2) is 40.6 Å². The fourth-order valence-corrected chi connectivity index (χ4v) is 3.44. The zero-order chi connectivity index (χ0) is 16.1. The summed E-state index contributed by atoms with van der Waals surface area (Å²) in [6.45, 7) is 1.95. The van der Waals surface area contributed by atoms with Gasteiger partial charge in [0.1, 0.15) is 12.6 Å². The Balaban J connectivity index is 1.57. The molecule has 0 unspecified atom stereocenters. The Bertz CT molecular complexity index is 616. The summed E-state index contributed by atoms with van der Waals surface area (Å²) in [6, 6.07) is 8.33. The molecule has 1 saturated carbocycles. The quantitative estimate of drug-likeness (QED) is 0.371. The van der Waals surface area contributed by atoms with Gasteiger partial charge in [-0.15, -0.1) is 0 Å². The summed E-state index contributed by atoms with van der Waals surface area (Å²) in [5, 5.41) is 0. The second-order valence-corrected chi connectivity index (χ2v) is 6.44. The van der Waals surface area contributed by atoms with Crippen molar-refractivity contribution in [3.8, 4) is 0 Å². The number of ether oxygens (including phenoxy) is 1. The van der Waals surface area contributed by atoms with Gasteiger partial charge in [0.15, 0.2) is 0 Å². The molecule has 0 bridgehead atoms. The van der Waals surface area contributed by atoms with Crippen LogP contribution in [0.5, 0.6) is 0 Å². The zero-order valence-corrected chi connectivity index (χ0v) is 13.4. The average Bonchev–Trinajstić information content (AvgIpc) is 2.60. The Morgan fingerprint density at radius 1 is 1.22 bits per heavy atom. The monoisotopic (exact) mass is 313 g/mol. The summed E-state index contributed by atoms with van der Waals surface area (Å²) < 4.78 is 5.50. The maximum Gasteiger partial charge on any atom is 0.418 e. The van der Waals surface area contributed by atoms with Crippen LogP contribution in [0.1, 0.15) is 43.2 Å². The highest BCUT2D eigenvalue weighted by Crippen LogP contribution is 2.21. The lowest BCUT2D eigenvalue weighted by atomic mass is 9.98. The molecule has 1 aliphatic carbocycles. The smallest absolute Gasteiger partial charge is 0.418 e. The number of esters is 1. The maximum absolute atomic E-state index is 12.2. The number of carbonyl (C=O) groups is 1. The second-order valence-electron chi connectivity index (χ2n) is 6.44. The standard InChI is InChI=1S/C18H23N3O2/c19-20-17(18(22)23-16-8-2-1-3-9-16)13-21-11-10-14-6-4-5-7-15(14)12-21/h4-7,16H,1-3,8-13H2. The normalized spacial score (nSPS) is 18.8. The van der Waals surface area contributed by atoms with E-state index in [0.29, 0.717) is 6.54 Å². The van der Waals surface area contributed by atoms with E-state index >= 15 is 0 Å². The highest BCUT2D eigenvalue weighted by atomic mass is 16.5. The molecule has 1 aliphatic heterocycles.